The summed E-state index contributed by atoms with van der Waals surface area (Å²) in [6, 6.07) is 0. The van der Waals surface area contributed by atoms with E-state index in [1.165, 1.54) is 35.5 Å². The molecular weight excluding hydrogens is 120 g/mol. The summed E-state index contributed by atoms with van der Waals surface area (Å²) in [6.45, 7) is 0. The molecule has 5 aliphatic carbocycles. The van der Waals surface area contributed by atoms with E-state index in [1.807, 2.05) is 0 Å². The largest absolute Gasteiger partial charge is 0.0527 e. The molecule has 0 spiro atoms. The second-order valence-electron chi connectivity index (χ2n) is 4.98. The third-order valence-electron chi connectivity index (χ3n) is 5.14. The van der Waals surface area contributed by atoms with Crippen LogP contribution in [-0.2, 0) is 0 Å². The highest BCUT2D eigenvalue weighted by atomic mass is 14.8. The van der Waals surface area contributed by atoms with Crippen molar-refractivity contribution in [1.29, 1.82) is 0 Å². The molecule has 6 bridgehead atoms. The maximum Gasteiger partial charge on any atom is -0.0320 e. The summed E-state index contributed by atoms with van der Waals surface area (Å²) in [4.78, 5) is 0. The lowest BCUT2D eigenvalue weighted by molar-refractivity contribution is -0.0510. The summed E-state index contributed by atoms with van der Waals surface area (Å²) < 4.78 is 0. The van der Waals surface area contributed by atoms with Gasteiger partial charge in [-0.3, -0.25) is 0 Å². The van der Waals surface area contributed by atoms with Crippen LogP contribution >= 0.6 is 0 Å². The predicted molar refractivity (Wildman–Crippen MR) is 39.4 cm³/mol. The quantitative estimate of drug-likeness (QED) is 0.477. The van der Waals surface area contributed by atoms with Crippen LogP contribution in [0, 0.1) is 35.5 Å². The van der Waals surface area contributed by atoms with E-state index in [2.05, 4.69) is 0 Å². The number of hydrogen-bond donors (Lipinski definition) is 0. The molecule has 54 valence electrons. The Hall–Kier alpha value is 0. The van der Waals surface area contributed by atoms with Crippen molar-refractivity contribution in [3.05, 3.63) is 0 Å². The van der Waals surface area contributed by atoms with Crippen LogP contribution in [0.15, 0.2) is 0 Å². The molecule has 0 aromatic carbocycles. The molecule has 0 aliphatic heterocycles. The molecule has 5 aliphatic rings. The van der Waals surface area contributed by atoms with E-state index in [1.54, 1.807) is 25.7 Å². The minimum Gasteiger partial charge on any atom is -0.0527 e. The number of hydrogen-bond acceptors (Lipinski definition) is 0. The highest BCUT2D eigenvalue weighted by molar-refractivity contribution is 5.20. The molecule has 5 rings (SSSR count). The van der Waals surface area contributed by atoms with Gasteiger partial charge in [-0.25, -0.2) is 0 Å². The third-order valence-corrected chi connectivity index (χ3v) is 5.14. The third kappa shape index (κ3) is 0.271. The van der Waals surface area contributed by atoms with Crippen molar-refractivity contribution >= 4 is 0 Å². The van der Waals surface area contributed by atoms with Crippen LogP contribution in [0.25, 0.3) is 0 Å². The standard InChI is InChI=1S/C10H14/c1-2-5-7-4-8-9(5)6(3-1)10(7)8/h5-10H,1-4H2. The first-order chi connectivity index (χ1) is 4.97. The van der Waals surface area contributed by atoms with Gasteiger partial charge >= 0.3 is 0 Å². The molecule has 0 amide bonds. The van der Waals surface area contributed by atoms with E-state index >= 15 is 0 Å². The first-order valence-electron chi connectivity index (χ1n) is 4.97. The highest BCUT2D eigenvalue weighted by Crippen LogP contribution is 2.78. The average molecular weight is 134 g/mol. The monoisotopic (exact) mass is 134 g/mol. The second kappa shape index (κ2) is 1.19. The topological polar surface area (TPSA) is 0 Å². The molecule has 0 heteroatoms. The molecule has 0 nitrogen and oxygen atoms in total. The number of rotatable bonds is 0. The zero-order valence-corrected chi connectivity index (χ0v) is 6.29. The Bertz CT molecular complexity index is 190. The lowest BCUT2D eigenvalue weighted by Gasteiger charge is -2.53. The summed E-state index contributed by atoms with van der Waals surface area (Å²) in [7, 11) is 0. The van der Waals surface area contributed by atoms with Gasteiger partial charge in [-0.05, 0) is 54.8 Å². The predicted octanol–water partition coefficient (Wildman–Crippen LogP) is 2.30. The van der Waals surface area contributed by atoms with E-state index in [0.29, 0.717) is 0 Å². The van der Waals surface area contributed by atoms with Gasteiger partial charge in [-0.2, -0.15) is 0 Å². The maximum atomic E-state index is 1.65. The van der Waals surface area contributed by atoms with Gasteiger partial charge in [0, 0.05) is 0 Å². The molecule has 5 fully saturated rings. The first-order valence-corrected chi connectivity index (χ1v) is 4.97. The van der Waals surface area contributed by atoms with Crippen molar-refractivity contribution in [3.8, 4) is 0 Å². The molecule has 0 aromatic heterocycles. The summed E-state index contributed by atoms with van der Waals surface area (Å²) in [5.74, 6) is 7.56. The summed E-state index contributed by atoms with van der Waals surface area (Å²) in [5.41, 5.74) is 0. The molecule has 0 aromatic rings. The Balaban J connectivity index is 1.86. The zero-order chi connectivity index (χ0) is 6.29. The molecule has 10 heavy (non-hydrogen) atoms. The van der Waals surface area contributed by atoms with Gasteiger partial charge in [-0.15, -0.1) is 0 Å². The van der Waals surface area contributed by atoms with Gasteiger partial charge in [0.15, 0.2) is 0 Å². The van der Waals surface area contributed by atoms with Gasteiger partial charge in [0.2, 0.25) is 0 Å². The van der Waals surface area contributed by atoms with E-state index in [9.17, 15) is 0 Å². The Morgan fingerprint density at radius 1 is 0.700 bits per heavy atom. The fourth-order valence-electron chi connectivity index (χ4n) is 4.99. The van der Waals surface area contributed by atoms with Gasteiger partial charge in [0.1, 0.15) is 0 Å². The Morgan fingerprint density at radius 2 is 1.50 bits per heavy atom. The van der Waals surface area contributed by atoms with Gasteiger partial charge in [0.25, 0.3) is 0 Å². The van der Waals surface area contributed by atoms with Crippen molar-refractivity contribution in [2.24, 2.45) is 35.5 Å². The lowest BCUT2D eigenvalue weighted by Crippen LogP contribution is -2.47. The molecule has 0 radical (unpaired) electrons. The Kier molecular flexibility index (Phi) is 0.570. The Morgan fingerprint density at radius 3 is 2.30 bits per heavy atom. The molecule has 0 N–H and O–H groups in total. The second-order valence-corrected chi connectivity index (χ2v) is 4.98. The molecule has 0 heterocycles. The SMILES string of the molecule is C1CC2C3CC4C2C(C1)C34. The van der Waals surface area contributed by atoms with Crippen molar-refractivity contribution in [2.75, 3.05) is 0 Å². The highest BCUT2D eigenvalue weighted by Gasteiger charge is 2.72. The molecule has 6 unspecified atom stereocenters. The fourth-order valence-corrected chi connectivity index (χ4v) is 4.99. The van der Waals surface area contributed by atoms with Crippen LogP contribution in [-0.4, -0.2) is 0 Å². The first kappa shape index (κ1) is 4.79. The maximum absolute atomic E-state index is 1.65. The normalized spacial score (nSPS) is 74.4. The smallest absolute Gasteiger partial charge is 0.0320 e. The average Bonchev–Trinajstić information content (AvgIpc) is 2.42. The van der Waals surface area contributed by atoms with E-state index in [0.717, 1.165) is 0 Å². The van der Waals surface area contributed by atoms with Crippen LogP contribution in [0.1, 0.15) is 25.7 Å². The van der Waals surface area contributed by atoms with Crippen LogP contribution in [0.5, 0.6) is 0 Å². The van der Waals surface area contributed by atoms with Crippen LogP contribution < -0.4 is 0 Å². The Labute approximate surface area is 62.0 Å². The zero-order valence-electron chi connectivity index (χ0n) is 6.29. The van der Waals surface area contributed by atoms with Crippen molar-refractivity contribution in [3.63, 3.8) is 0 Å². The van der Waals surface area contributed by atoms with Crippen molar-refractivity contribution in [2.45, 2.75) is 25.7 Å². The summed E-state index contributed by atoms with van der Waals surface area (Å²) in [6.07, 6.45) is 6.44. The molecule has 0 saturated heterocycles. The van der Waals surface area contributed by atoms with Crippen molar-refractivity contribution in [1.82, 2.24) is 0 Å². The van der Waals surface area contributed by atoms with E-state index < -0.39 is 0 Å². The van der Waals surface area contributed by atoms with Crippen LogP contribution in [0.4, 0.5) is 0 Å². The fraction of sp³-hybridized carbons (Fsp3) is 1.00. The van der Waals surface area contributed by atoms with Gasteiger partial charge < -0.3 is 0 Å². The summed E-state index contributed by atoms with van der Waals surface area (Å²) >= 11 is 0. The van der Waals surface area contributed by atoms with E-state index in [-0.39, 0.29) is 0 Å². The van der Waals surface area contributed by atoms with E-state index in [4.69, 9.17) is 0 Å². The molecule has 6 atom stereocenters. The van der Waals surface area contributed by atoms with Gasteiger partial charge in [-0.1, -0.05) is 6.42 Å². The van der Waals surface area contributed by atoms with Crippen LogP contribution in [0.3, 0.4) is 0 Å². The van der Waals surface area contributed by atoms with Gasteiger partial charge in [0.05, 0.1) is 0 Å². The minimum absolute atomic E-state index is 1.24. The minimum atomic E-state index is 1.24. The van der Waals surface area contributed by atoms with Crippen molar-refractivity contribution < 1.29 is 0 Å². The lowest BCUT2D eigenvalue weighted by atomic mass is 9.52. The molecule has 5 saturated carbocycles. The van der Waals surface area contributed by atoms with Crippen LogP contribution in [0.2, 0.25) is 0 Å². The summed E-state index contributed by atoms with van der Waals surface area (Å²) in [5, 5.41) is 0. The molecular formula is C10H14.